The first-order chi connectivity index (χ1) is 8.43. The minimum Gasteiger partial charge on any atom is -0.386 e. The molecular weight excluding hydrogens is 273 g/mol. The van der Waals surface area contributed by atoms with Crippen molar-refractivity contribution in [1.82, 2.24) is 4.90 Å². The second-order valence-corrected chi connectivity index (χ2v) is 5.57. The van der Waals surface area contributed by atoms with E-state index in [9.17, 15) is 9.90 Å². The van der Waals surface area contributed by atoms with E-state index < -0.39 is 5.60 Å². The van der Waals surface area contributed by atoms with Crippen molar-refractivity contribution in [3.8, 4) is 0 Å². The number of nitrogens with zero attached hydrogens (tertiary/aromatic N) is 1. The van der Waals surface area contributed by atoms with Crippen LogP contribution < -0.4 is 0 Å². The highest BCUT2D eigenvalue weighted by molar-refractivity contribution is 6.42. The average Bonchev–Trinajstić information content (AvgIpc) is 2.29. The molecule has 0 radical (unpaired) electrons. The standard InChI is InChI=1S/C13H15Cl2NO2/c1-2-13(18)7-16(8-13)12(17)6-9-3-4-10(14)11(15)5-9/h3-5,18H,2,6-8H2,1H3. The van der Waals surface area contributed by atoms with Gasteiger partial charge in [0.25, 0.3) is 0 Å². The summed E-state index contributed by atoms with van der Waals surface area (Å²) in [5.41, 5.74) is 0.147. The highest BCUT2D eigenvalue weighted by atomic mass is 35.5. The van der Waals surface area contributed by atoms with Gasteiger partial charge in [0.2, 0.25) is 5.91 Å². The van der Waals surface area contributed by atoms with E-state index >= 15 is 0 Å². The fourth-order valence-electron chi connectivity index (χ4n) is 2.00. The minimum atomic E-state index is -0.687. The van der Waals surface area contributed by atoms with Crippen LogP contribution in [0.4, 0.5) is 0 Å². The van der Waals surface area contributed by atoms with Gasteiger partial charge in [0.15, 0.2) is 0 Å². The molecule has 0 aromatic heterocycles. The maximum absolute atomic E-state index is 11.9. The molecule has 1 aromatic rings. The molecule has 1 amide bonds. The van der Waals surface area contributed by atoms with Crippen LogP contribution in [0.5, 0.6) is 0 Å². The molecule has 18 heavy (non-hydrogen) atoms. The molecule has 5 heteroatoms. The van der Waals surface area contributed by atoms with E-state index in [1.807, 2.05) is 6.92 Å². The zero-order chi connectivity index (χ0) is 13.3. The van der Waals surface area contributed by atoms with Gasteiger partial charge >= 0.3 is 0 Å². The van der Waals surface area contributed by atoms with E-state index in [0.717, 1.165) is 5.56 Å². The Hall–Kier alpha value is -0.770. The van der Waals surface area contributed by atoms with Crippen LogP contribution in [0.25, 0.3) is 0 Å². The van der Waals surface area contributed by atoms with Gasteiger partial charge in [-0.1, -0.05) is 36.2 Å². The van der Waals surface area contributed by atoms with Crippen molar-refractivity contribution in [1.29, 1.82) is 0 Å². The number of β-amino-alcohol motifs (C(OH)–C–C–N with tert-alkyl or cyclic N) is 1. The van der Waals surface area contributed by atoms with Gasteiger partial charge in [-0.15, -0.1) is 0 Å². The van der Waals surface area contributed by atoms with Crippen LogP contribution in [0.1, 0.15) is 18.9 Å². The van der Waals surface area contributed by atoms with E-state index in [4.69, 9.17) is 23.2 Å². The summed E-state index contributed by atoms with van der Waals surface area (Å²) in [7, 11) is 0. The third-order valence-electron chi connectivity index (χ3n) is 3.32. The molecule has 2 rings (SSSR count). The molecule has 1 aliphatic rings. The molecule has 0 unspecified atom stereocenters. The summed E-state index contributed by atoms with van der Waals surface area (Å²) in [6, 6.07) is 5.18. The monoisotopic (exact) mass is 287 g/mol. The van der Waals surface area contributed by atoms with E-state index in [-0.39, 0.29) is 12.3 Å². The third-order valence-corrected chi connectivity index (χ3v) is 4.06. The molecule has 1 fully saturated rings. The zero-order valence-electron chi connectivity index (χ0n) is 10.1. The van der Waals surface area contributed by atoms with Crippen LogP contribution in [-0.2, 0) is 11.2 Å². The predicted octanol–water partition coefficient (Wildman–Crippen LogP) is 2.52. The Morgan fingerprint density at radius 1 is 1.39 bits per heavy atom. The van der Waals surface area contributed by atoms with Crippen LogP contribution in [0.3, 0.4) is 0 Å². The quantitative estimate of drug-likeness (QED) is 0.928. The number of hydrogen-bond acceptors (Lipinski definition) is 2. The van der Waals surface area contributed by atoms with Gasteiger partial charge in [0, 0.05) is 0 Å². The molecule has 0 saturated carbocycles. The molecule has 3 nitrogen and oxygen atoms in total. The number of carbonyl (C=O) groups is 1. The number of aliphatic hydroxyl groups is 1. The van der Waals surface area contributed by atoms with Crippen LogP contribution in [0, 0.1) is 0 Å². The number of amides is 1. The summed E-state index contributed by atoms with van der Waals surface area (Å²) in [6.07, 6.45) is 0.959. The second kappa shape index (κ2) is 5.08. The topological polar surface area (TPSA) is 40.5 Å². The summed E-state index contributed by atoms with van der Waals surface area (Å²) in [5.74, 6) is 0.00603. The second-order valence-electron chi connectivity index (χ2n) is 4.75. The maximum Gasteiger partial charge on any atom is 0.227 e. The first-order valence-electron chi connectivity index (χ1n) is 5.87. The number of benzene rings is 1. The van der Waals surface area contributed by atoms with Gasteiger partial charge < -0.3 is 10.0 Å². The predicted molar refractivity (Wildman–Crippen MR) is 72.0 cm³/mol. The van der Waals surface area contributed by atoms with Crippen molar-refractivity contribution in [2.75, 3.05) is 13.1 Å². The van der Waals surface area contributed by atoms with Crippen molar-refractivity contribution in [2.24, 2.45) is 0 Å². The molecule has 0 atom stereocenters. The normalized spacial score (nSPS) is 17.4. The summed E-state index contributed by atoms with van der Waals surface area (Å²) in [4.78, 5) is 13.6. The van der Waals surface area contributed by atoms with Crippen LogP contribution in [-0.4, -0.2) is 34.6 Å². The van der Waals surface area contributed by atoms with Gasteiger partial charge in [-0.25, -0.2) is 0 Å². The smallest absolute Gasteiger partial charge is 0.227 e. The lowest BCUT2D eigenvalue weighted by atomic mass is 9.91. The molecule has 98 valence electrons. The highest BCUT2D eigenvalue weighted by Gasteiger charge is 2.41. The van der Waals surface area contributed by atoms with Crippen LogP contribution in [0.2, 0.25) is 10.0 Å². The number of carbonyl (C=O) groups excluding carboxylic acids is 1. The number of halogens is 2. The molecule has 1 aliphatic heterocycles. The molecule has 1 saturated heterocycles. The van der Waals surface area contributed by atoms with E-state index in [1.54, 1.807) is 23.1 Å². The Morgan fingerprint density at radius 3 is 2.61 bits per heavy atom. The van der Waals surface area contributed by atoms with Gasteiger partial charge in [-0.2, -0.15) is 0 Å². The van der Waals surface area contributed by atoms with E-state index in [1.165, 1.54) is 0 Å². The Bertz CT molecular complexity index is 470. The molecule has 1 heterocycles. The minimum absolute atomic E-state index is 0.00603. The Balaban J connectivity index is 1.94. The Morgan fingerprint density at radius 2 is 2.06 bits per heavy atom. The van der Waals surface area contributed by atoms with Crippen LogP contribution in [0.15, 0.2) is 18.2 Å². The lowest BCUT2D eigenvalue weighted by molar-refractivity contribution is -0.155. The zero-order valence-corrected chi connectivity index (χ0v) is 11.6. The van der Waals surface area contributed by atoms with Crippen molar-refractivity contribution >= 4 is 29.1 Å². The molecule has 1 aromatic carbocycles. The van der Waals surface area contributed by atoms with Gasteiger partial charge in [-0.3, -0.25) is 4.79 Å². The number of hydrogen-bond donors (Lipinski definition) is 1. The molecular formula is C13H15Cl2NO2. The third kappa shape index (κ3) is 2.79. The fraction of sp³-hybridized carbons (Fsp3) is 0.462. The van der Waals surface area contributed by atoms with Crippen molar-refractivity contribution in [3.05, 3.63) is 33.8 Å². The van der Waals surface area contributed by atoms with Gasteiger partial charge in [0.05, 0.1) is 35.2 Å². The Labute approximate surface area is 116 Å². The highest BCUT2D eigenvalue weighted by Crippen LogP contribution is 2.26. The maximum atomic E-state index is 11.9. The first-order valence-corrected chi connectivity index (χ1v) is 6.63. The largest absolute Gasteiger partial charge is 0.386 e. The SMILES string of the molecule is CCC1(O)CN(C(=O)Cc2ccc(Cl)c(Cl)c2)C1. The summed E-state index contributed by atoms with van der Waals surface area (Å²) >= 11 is 11.7. The average molecular weight is 288 g/mol. The summed E-state index contributed by atoms with van der Waals surface area (Å²) in [5, 5.41) is 10.8. The summed E-state index contributed by atoms with van der Waals surface area (Å²) in [6.45, 7) is 2.76. The molecule has 1 N–H and O–H groups in total. The van der Waals surface area contributed by atoms with E-state index in [2.05, 4.69) is 0 Å². The fourth-order valence-corrected chi connectivity index (χ4v) is 2.32. The first kappa shape index (κ1) is 13.7. The summed E-state index contributed by atoms with van der Waals surface area (Å²) < 4.78 is 0. The number of rotatable bonds is 3. The lowest BCUT2D eigenvalue weighted by Gasteiger charge is -2.46. The molecule has 0 bridgehead atoms. The lowest BCUT2D eigenvalue weighted by Crippen LogP contribution is -2.63. The molecule has 0 aliphatic carbocycles. The Kier molecular flexibility index (Phi) is 3.85. The van der Waals surface area contributed by atoms with Crippen molar-refractivity contribution in [3.63, 3.8) is 0 Å². The van der Waals surface area contributed by atoms with Gasteiger partial charge in [0.1, 0.15) is 0 Å². The number of likely N-dealkylation sites (tertiary alicyclic amines) is 1. The van der Waals surface area contributed by atoms with Crippen LogP contribution >= 0.6 is 23.2 Å². The van der Waals surface area contributed by atoms with Crippen molar-refractivity contribution < 1.29 is 9.90 Å². The molecule has 0 spiro atoms. The van der Waals surface area contributed by atoms with Crippen molar-refractivity contribution in [2.45, 2.75) is 25.4 Å². The van der Waals surface area contributed by atoms with E-state index in [0.29, 0.717) is 29.6 Å². The van der Waals surface area contributed by atoms with Gasteiger partial charge in [-0.05, 0) is 24.1 Å².